The third-order valence-electron chi connectivity index (χ3n) is 4.70. The second-order valence-electron chi connectivity index (χ2n) is 7.66. The molecule has 5 nitrogen and oxygen atoms in total. The van der Waals surface area contributed by atoms with Gasteiger partial charge in [-0.15, -0.1) is 11.8 Å². The first-order valence-corrected chi connectivity index (χ1v) is 11.4. The molecule has 1 atom stereocenters. The van der Waals surface area contributed by atoms with Crippen molar-refractivity contribution in [3.63, 3.8) is 0 Å². The molecule has 0 bridgehead atoms. The highest BCUT2D eigenvalue weighted by atomic mass is 32.2. The Bertz CT molecular complexity index is 794. The predicted octanol–water partition coefficient (Wildman–Crippen LogP) is 4.12. The van der Waals surface area contributed by atoms with Gasteiger partial charge in [0, 0.05) is 18.8 Å². The summed E-state index contributed by atoms with van der Waals surface area (Å²) in [5.74, 6) is 2.03. The lowest BCUT2D eigenvalue weighted by atomic mass is 10.1. The first kappa shape index (κ1) is 23.8. The average Bonchev–Trinajstić information content (AvgIpc) is 2.76. The summed E-state index contributed by atoms with van der Waals surface area (Å²) in [6, 6.07) is 17.1. The molecule has 0 unspecified atom stereocenters. The summed E-state index contributed by atoms with van der Waals surface area (Å²) in [6.45, 7) is 6.86. The molecule has 0 heterocycles. The van der Waals surface area contributed by atoms with Crippen LogP contribution in [0.25, 0.3) is 0 Å². The van der Waals surface area contributed by atoms with Crippen molar-refractivity contribution in [3.8, 4) is 5.75 Å². The van der Waals surface area contributed by atoms with Gasteiger partial charge in [0.15, 0.2) is 0 Å². The van der Waals surface area contributed by atoms with Gasteiger partial charge >= 0.3 is 0 Å². The number of carbonyl (C=O) groups is 2. The van der Waals surface area contributed by atoms with E-state index in [-0.39, 0.29) is 11.8 Å². The minimum atomic E-state index is -0.546. The maximum Gasteiger partial charge on any atom is 0.242 e. The molecule has 2 amide bonds. The molecule has 1 N–H and O–H groups in total. The molecule has 0 radical (unpaired) electrons. The normalized spacial score (nSPS) is 11.8. The highest BCUT2D eigenvalue weighted by Crippen LogP contribution is 2.17. The third kappa shape index (κ3) is 7.75. The molecule has 6 heteroatoms. The van der Waals surface area contributed by atoms with Crippen LogP contribution in [0.1, 0.15) is 31.9 Å². The number of nitrogens with one attached hydrogen (secondary N) is 1. The number of nitrogens with zero attached hydrogens (tertiary/aromatic N) is 1. The van der Waals surface area contributed by atoms with Crippen molar-refractivity contribution < 1.29 is 14.3 Å². The van der Waals surface area contributed by atoms with E-state index in [9.17, 15) is 9.59 Å². The van der Waals surface area contributed by atoms with Gasteiger partial charge < -0.3 is 15.0 Å². The van der Waals surface area contributed by atoms with Crippen LogP contribution in [-0.4, -0.2) is 42.2 Å². The molecule has 0 aliphatic heterocycles. The maximum atomic E-state index is 13.0. The Labute approximate surface area is 184 Å². The van der Waals surface area contributed by atoms with Gasteiger partial charge in [-0.05, 0) is 36.1 Å². The molecule has 162 valence electrons. The van der Waals surface area contributed by atoms with Gasteiger partial charge in [-0.1, -0.05) is 56.3 Å². The summed E-state index contributed by atoms with van der Waals surface area (Å²) >= 11 is 1.56. The van der Waals surface area contributed by atoms with E-state index in [1.165, 1.54) is 5.56 Å². The Balaban J connectivity index is 2.05. The summed E-state index contributed by atoms with van der Waals surface area (Å²) in [5.41, 5.74) is 2.14. The van der Waals surface area contributed by atoms with E-state index in [0.717, 1.165) is 17.1 Å². The molecular formula is C24H32N2O3S. The van der Waals surface area contributed by atoms with Crippen molar-refractivity contribution in [1.82, 2.24) is 10.2 Å². The first-order valence-electron chi connectivity index (χ1n) is 10.2. The van der Waals surface area contributed by atoms with Crippen LogP contribution in [0.2, 0.25) is 0 Å². The predicted molar refractivity (Wildman–Crippen MR) is 123 cm³/mol. The van der Waals surface area contributed by atoms with Gasteiger partial charge in [-0.3, -0.25) is 9.59 Å². The van der Waals surface area contributed by atoms with E-state index in [0.29, 0.717) is 24.8 Å². The molecule has 0 aliphatic carbocycles. The van der Waals surface area contributed by atoms with Crippen molar-refractivity contribution in [3.05, 3.63) is 65.7 Å². The Morgan fingerprint density at radius 2 is 1.67 bits per heavy atom. The Morgan fingerprint density at radius 3 is 2.27 bits per heavy atom. The molecule has 0 saturated carbocycles. The molecule has 0 spiro atoms. The molecule has 2 aromatic rings. The minimum Gasteiger partial charge on any atom is -0.497 e. The fourth-order valence-corrected chi connectivity index (χ4v) is 3.75. The molecule has 0 aliphatic rings. The zero-order valence-corrected chi connectivity index (χ0v) is 19.1. The lowest BCUT2D eigenvalue weighted by Gasteiger charge is -2.29. The lowest BCUT2D eigenvalue weighted by Crippen LogP contribution is -2.48. The molecule has 0 aromatic heterocycles. The highest BCUT2D eigenvalue weighted by Gasteiger charge is 2.26. The van der Waals surface area contributed by atoms with E-state index >= 15 is 0 Å². The molecule has 2 rings (SSSR count). The summed E-state index contributed by atoms with van der Waals surface area (Å²) in [6.07, 6.45) is 0. The minimum absolute atomic E-state index is 0.0426. The Morgan fingerprint density at radius 1 is 1.00 bits per heavy atom. The SMILES string of the molecule is COc1ccc(CN(C(=O)CSCc2ccccc2)[C@H](C)C(=O)NCC(C)C)cc1. The van der Waals surface area contributed by atoms with Gasteiger partial charge in [0.1, 0.15) is 11.8 Å². The van der Waals surface area contributed by atoms with Crippen LogP contribution >= 0.6 is 11.8 Å². The molecule has 30 heavy (non-hydrogen) atoms. The van der Waals surface area contributed by atoms with Crippen LogP contribution in [0.3, 0.4) is 0 Å². The molecule has 0 fully saturated rings. The van der Waals surface area contributed by atoms with Crippen molar-refractivity contribution >= 4 is 23.6 Å². The maximum absolute atomic E-state index is 13.0. The quantitative estimate of drug-likeness (QED) is 0.585. The van der Waals surface area contributed by atoms with Crippen LogP contribution in [0, 0.1) is 5.92 Å². The Kier molecular flexibility index (Phi) is 9.74. The van der Waals surface area contributed by atoms with E-state index in [4.69, 9.17) is 4.74 Å². The van der Waals surface area contributed by atoms with Gasteiger partial charge in [0.2, 0.25) is 11.8 Å². The number of carbonyl (C=O) groups excluding carboxylic acids is 2. The third-order valence-corrected chi connectivity index (χ3v) is 5.69. The number of benzene rings is 2. The van der Waals surface area contributed by atoms with Gasteiger partial charge in [0.25, 0.3) is 0 Å². The van der Waals surface area contributed by atoms with Crippen LogP contribution < -0.4 is 10.1 Å². The second kappa shape index (κ2) is 12.3. The van der Waals surface area contributed by atoms with E-state index in [1.54, 1.807) is 30.7 Å². The van der Waals surface area contributed by atoms with Crippen LogP contribution in [-0.2, 0) is 21.9 Å². The van der Waals surface area contributed by atoms with E-state index in [1.807, 2.05) is 56.3 Å². The zero-order chi connectivity index (χ0) is 21.9. The monoisotopic (exact) mass is 428 g/mol. The number of methoxy groups -OCH3 is 1. The van der Waals surface area contributed by atoms with Crippen LogP contribution in [0.4, 0.5) is 0 Å². The standard InChI is InChI=1S/C24H32N2O3S/c1-18(2)14-25-24(28)19(3)26(15-20-10-12-22(29-4)13-11-20)23(27)17-30-16-21-8-6-5-7-9-21/h5-13,18-19H,14-17H2,1-4H3,(H,25,28)/t19-/m1/s1. The van der Waals surface area contributed by atoms with Crippen molar-refractivity contribution in [2.24, 2.45) is 5.92 Å². The second-order valence-corrected chi connectivity index (χ2v) is 8.65. The van der Waals surface area contributed by atoms with Gasteiger partial charge in [-0.2, -0.15) is 0 Å². The molecular weight excluding hydrogens is 396 g/mol. The smallest absolute Gasteiger partial charge is 0.242 e. The van der Waals surface area contributed by atoms with Crippen molar-refractivity contribution in [1.29, 1.82) is 0 Å². The number of rotatable bonds is 11. The van der Waals surface area contributed by atoms with Crippen LogP contribution in [0.5, 0.6) is 5.75 Å². The summed E-state index contributed by atoms with van der Waals surface area (Å²) in [7, 11) is 1.62. The number of hydrogen-bond acceptors (Lipinski definition) is 4. The van der Waals surface area contributed by atoms with Gasteiger partial charge in [0.05, 0.1) is 12.9 Å². The number of hydrogen-bond donors (Lipinski definition) is 1. The zero-order valence-electron chi connectivity index (χ0n) is 18.3. The fourth-order valence-electron chi connectivity index (χ4n) is 2.88. The number of thioether (sulfide) groups is 1. The first-order chi connectivity index (χ1) is 14.4. The van der Waals surface area contributed by atoms with Gasteiger partial charge in [-0.25, -0.2) is 0 Å². The summed E-state index contributed by atoms with van der Waals surface area (Å²) < 4.78 is 5.21. The number of amides is 2. The lowest BCUT2D eigenvalue weighted by molar-refractivity contribution is -0.138. The van der Waals surface area contributed by atoms with Crippen molar-refractivity contribution in [2.75, 3.05) is 19.4 Å². The average molecular weight is 429 g/mol. The van der Waals surface area contributed by atoms with Crippen molar-refractivity contribution in [2.45, 2.75) is 39.1 Å². The molecule has 0 saturated heterocycles. The summed E-state index contributed by atoms with van der Waals surface area (Å²) in [4.78, 5) is 27.4. The summed E-state index contributed by atoms with van der Waals surface area (Å²) in [5, 5.41) is 2.94. The van der Waals surface area contributed by atoms with Crippen LogP contribution in [0.15, 0.2) is 54.6 Å². The number of ether oxygens (including phenoxy) is 1. The Hall–Kier alpha value is -2.47. The fraction of sp³-hybridized carbons (Fsp3) is 0.417. The topological polar surface area (TPSA) is 58.6 Å². The van der Waals surface area contributed by atoms with E-state index in [2.05, 4.69) is 17.4 Å². The largest absolute Gasteiger partial charge is 0.497 e. The molecule has 2 aromatic carbocycles. The van der Waals surface area contributed by atoms with E-state index < -0.39 is 6.04 Å². The highest BCUT2D eigenvalue weighted by molar-refractivity contribution is 7.99.